The smallest absolute Gasteiger partial charge is 0.387 e. The van der Waals surface area contributed by atoms with Gasteiger partial charge in [-0.15, -0.1) is 12.4 Å². The first kappa shape index (κ1) is 16.6. The molecule has 0 unspecified atom stereocenters. The first-order valence-corrected chi connectivity index (χ1v) is 4.90. The Morgan fingerprint density at radius 1 is 1.39 bits per heavy atom. The van der Waals surface area contributed by atoms with Crippen LogP contribution in [0.25, 0.3) is 0 Å². The van der Waals surface area contributed by atoms with E-state index in [0.717, 1.165) is 0 Å². The fourth-order valence-electron chi connectivity index (χ4n) is 1.36. The molecule has 0 saturated heterocycles. The lowest BCUT2D eigenvalue weighted by Gasteiger charge is -2.15. The molecule has 0 aliphatic carbocycles. The van der Waals surface area contributed by atoms with Gasteiger partial charge in [0.15, 0.2) is 0 Å². The lowest BCUT2D eigenvalue weighted by Crippen LogP contribution is -2.18. The number of alkyl halides is 2. The first-order chi connectivity index (χ1) is 8.04. The summed E-state index contributed by atoms with van der Waals surface area (Å²) in [5.41, 5.74) is 6.07. The van der Waals surface area contributed by atoms with Crippen molar-refractivity contribution in [1.82, 2.24) is 0 Å². The summed E-state index contributed by atoms with van der Waals surface area (Å²) in [4.78, 5) is 11.0. The zero-order valence-electron chi connectivity index (χ0n) is 9.64. The second-order valence-corrected chi connectivity index (χ2v) is 3.30. The highest BCUT2D eigenvalue weighted by Crippen LogP contribution is 2.27. The highest BCUT2D eigenvalue weighted by Gasteiger charge is 2.17. The van der Waals surface area contributed by atoms with Gasteiger partial charge in [-0.25, -0.2) is 0 Å². The normalized spacial score (nSPS) is 11.6. The molecule has 0 aliphatic rings. The Hall–Kier alpha value is -1.40. The van der Waals surface area contributed by atoms with Crippen LogP contribution in [0.15, 0.2) is 24.3 Å². The number of ether oxygens (including phenoxy) is 2. The average Bonchev–Trinajstić information content (AvgIpc) is 2.28. The van der Waals surface area contributed by atoms with Gasteiger partial charge in [0, 0.05) is 11.6 Å². The number of carbonyl (C=O) groups is 1. The zero-order valence-corrected chi connectivity index (χ0v) is 10.5. The van der Waals surface area contributed by atoms with Crippen molar-refractivity contribution in [2.24, 2.45) is 5.73 Å². The summed E-state index contributed by atoms with van der Waals surface area (Å²) in [5, 5.41) is 0. The third-order valence-electron chi connectivity index (χ3n) is 2.15. The van der Waals surface area contributed by atoms with Crippen LogP contribution in [0.4, 0.5) is 8.78 Å². The Bertz CT molecular complexity index is 390. The summed E-state index contributed by atoms with van der Waals surface area (Å²) in [6.07, 6.45) is -0.0971. The highest BCUT2D eigenvalue weighted by atomic mass is 35.5. The van der Waals surface area contributed by atoms with E-state index in [1.54, 1.807) is 12.1 Å². The molecule has 1 aromatic rings. The van der Waals surface area contributed by atoms with Gasteiger partial charge < -0.3 is 15.2 Å². The molecule has 1 atom stereocenters. The SMILES string of the molecule is COC(=O)C[C@@H](N)c1ccccc1OC(F)F.Cl. The topological polar surface area (TPSA) is 61.5 Å². The number of benzene rings is 1. The summed E-state index contributed by atoms with van der Waals surface area (Å²) < 4.78 is 33.0. The molecule has 1 rings (SSSR count). The zero-order chi connectivity index (χ0) is 12.8. The predicted molar refractivity (Wildman–Crippen MR) is 63.9 cm³/mol. The van der Waals surface area contributed by atoms with E-state index < -0.39 is 18.6 Å². The van der Waals surface area contributed by atoms with Crippen LogP contribution in [-0.4, -0.2) is 19.7 Å². The minimum atomic E-state index is -2.93. The third kappa shape index (κ3) is 4.85. The molecule has 0 fully saturated rings. The lowest BCUT2D eigenvalue weighted by molar-refractivity contribution is -0.141. The van der Waals surface area contributed by atoms with Crippen LogP contribution in [0.1, 0.15) is 18.0 Å². The Morgan fingerprint density at radius 2 is 2.00 bits per heavy atom. The maximum atomic E-state index is 12.1. The predicted octanol–water partition coefficient (Wildman–Crippen LogP) is 2.27. The molecular weight excluding hydrogens is 268 g/mol. The molecule has 18 heavy (non-hydrogen) atoms. The van der Waals surface area contributed by atoms with E-state index in [-0.39, 0.29) is 24.6 Å². The first-order valence-electron chi connectivity index (χ1n) is 4.90. The Morgan fingerprint density at radius 3 is 2.56 bits per heavy atom. The van der Waals surface area contributed by atoms with Crippen LogP contribution in [0, 0.1) is 0 Å². The lowest BCUT2D eigenvalue weighted by atomic mass is 10.0. The standard InChI is InChI=1S/C11H13F2NO3.ClH/c1-16-10(15)6-8(14)7-4-2-3-5-9(7)17-11(12)13;/h2-5,8,11H,6,14H2,1H3;1H/t8-;/m1./s1. The van der Waals surface area contributed by atoms with Crippen molar-refractivity contribution in [2.75, 3.05) is 7.11 Å². The molecule has 7 heteroatoms. The number of nitrogens with two attached hydrogens (primary N) is 1. The van der Waals surface area contributed by atoms with Gasteiger partial charge in [0.25, 0.3) is 0 Å². The van der Waals surface area contributed by atoms with Crippen LogP contribution in [-0.2, 0) is 9.53 Å². The second kappa shape index (κ2) is 7.84. The molecular formula is C11H14ClF2NO3. The van der Waals surface area contributed by atoms with E-state index in [1.165, 1.54) is 19.2 Å². The largest absolute Gasteiger partial charge is 0.469 e. The number of halogens is 3. The van der Waals surface area contributed by atoms with Gasteiger partial charge in [-0.2, -0.15) is 8.78 Å². The minimum Gasteiger partial charge on any atom is -0.469 e. The molecule has 0 aromatic heterocycles. The number of esters is 1. The number of carbonyl (C=O) groups excluding carboxylic acids is 1. The van der Waals surface area contributed by atoms with Gasteiger partial charge in [0.2, 0.25) is 0 Å². The minimum absolute atomic E-state index is 0. The maximum Gasteiger partial charge on any atom is 0.387 e. The third-order valence-corrected chi connectivity index (χ3v) is 2.15. The molecule has 1 aromatic carbocycles. The van der Waals surface area contributed by atoms with E-state index in [9.17, 15) is 13.6 Å². The fraction of sp³-hybridized carbons (Fsp3) is 0.364. The van der Waals surface area contributed by atoms with Crippen molar-refractivity contribution in [1.29, 1.82) is 0 Å². The second-order valence-electron chi connectivity index (χ2n) is 3.30. The van der Waals surface area contributed by atoms with Gasteiger partial charge in [0.1, 0.15) is 5.75 Å². The van der Waals surface area contributed by atoms with Crippen molar-refractivity contribution >= 4 is 18.4 Å². The Labute approximate surface area is 109 Å². The van der Waals surface area contributed by atoms with E-state index in [1.807, 2.05) is 0 Å². The fourth-order valence-corrected chi connectivity index (χ4v) is 1.36. The Kier molecular flexibility index (Phi) is 7.23. The van der Waals surface area contributed by atoms with Crippen LogP contribution in [0.5, 0.6) is 5.75 Å². The molecule has 0 radical (unpaired) electrons. The van der Waals surface area contributed by atoms with Crippen molar-refractivity contribution in [2.45, 2.75) is 19.1 Å². The van der Waals surface area contributed by atoms with Gasteiger partial charge >= 0.3 is 12.6 Å². The van der Waals surface area contributed by atoms with Crippen molar-refractivity contribution in [3.05, 3.63) is 29.8 Å². The molecule has 102 valence electrons. The summed E-state index contributed by atoms with van der Waals surface area (Å²) in [7, 11) is 1.23. The molecule has 0 aliphatic heterocycles. The highest BCUT2D eigenvalue weighted by molar-refractivity contribution is 5.85. The van der Waals surface area contributed by atoms with Gasteiger partial charge in [0.05, 0.1) is 13.5 Å². The van der Waals surface area contributed by atoms with Crippen LogP contribution >= 0.6 is 12.4 Å². The number of hydrogen-bond donors (Lipinski definition) is 1. The van der Waals surface area contributed by atoms with Crippen molar-refractivity contribution in [3.63, 3.8) is 0 Å². The summed E-state index contributed by atoms with van der Waals surface area (Å²) >= 11 is 0. The number of methoxy groups -OCH3 is 1. The van der Waals surface area contributed by atoms with Gasteiger partial charge in [-0.3, -0.25) is 4.79 Å². The molecule has 0 saturated carbocycles. The van der Waals surface area contributed by atoms with Crippen LogP contribution in [0.3, 0.4) is 0 Å². The molecule has 4 nitrogen and oxygen atoms in total. The monoisotopic (exact) mass is 281 g/mol. The summed E-state index contributed by atoms with van der Waals surface area (Å²) in [5.74, 6) is -0.539. The number of rotatable bonds is 5. The summed E-state index contributed by atoms with van der Waals surface area (Å²) in [6, 6.07) is 5.35. The average molecular weight is 282 g/mol. The van der Waals surface area contributed by atoms with E-state index in [2.05, 4.69) is 9.47 Å². The van der Waals surface area contributed by atoms with Gasteiger partial charge in [-0.05, 0) is 6.07 Å². The number of para-hydroxylation sites is 1. The van der Waals surface area contributed by atoms with Crippen molar-refractivity contribution in [3.8, 4) is 5.75 Å². The molecule has 2 N–H and O–H groups in total. The van der Waals surface area contributed by atoms with E-state index in [0.29, 0.717) is 5.56 Å². The van der Waals surface area contributed by atoms with E-state index in [4.69, 9.17) is 5.73 Å². The van der Waals surface area contributed by atoms with Crippen LogP contribution in [0.2, 0.25) is 0 Å². The van der Waals surface area contributed by atoms with Crippen LogP contribution < -0.4 is 10.5 Å². The van der Waals surface area contributed by atoms with Gasteiger partial charge in [-0.1, -0.05) is 18.2 Å². The molecule has 0 amide bonds. The summed E-state index contributed by atoms with van der Waals surface area (Å²) in [6.45, 7) is -2.93. The number of hydrogen-bond acceptors (Lipinski definition) is 4. The Balaban J connectivity index is 0.00000289. The molecule has 0 spiro atoms. The quantitative estimate of drug-likeness (QED) is 0.841. The maximum absolute atomic E-state index is 12.1. The van der Waals surface area contributed by atoms with Crippen molar-refractivity contribution < 1.29 is 23.0 Å². The molecule has 0 bridgehead atoms. The van der Waals surface area contributed by atoms with E-state index >= 15 is 0 Å². The molecule has 0 heterocycles.